The molecular formula is C16H20O2. The minimum Gasteiger partial charge on any atom is -0.493 e. The van der Waals surface area contributed by atoms with Crippen molar-refractivity contribution in [2.75, 3.05) is 7.11 Å². The molecular weight excluding hydrogens is 224 g/mol. The number of hydrogen-bond acceptors (Lipinski definition) is 2. The number of hydrogen-bond donors (Lipinski definition) is 0. The second kappa shape index (κ2) is 4.34. The van der Waals surface area contributed by atoms with Gasteiger partial charge in [0.05, 0.1) is 7.11 Å². The van der Waals surface area contributed by atoms with Gasteiger partial charge in [-0.05, 0) is 31.7 Å². The quantitative estimate of drug-likeness (QED) is 0.752. The molecule has 2 nitrogen and oxygen atoms in total. The lowest BCUT2D eigenvalue weighted by atomic mass is 9.67. The average Bonchev–Trinajstić information content (AvgIpc) is 2.73. The van der Waals surface area contributed by atoms with E-state index in [0.29, 0.717) is 6.10 Å². The summed E-state index contributed by atoms with van der Waals surface area (Å²) in [7, 11) is 1.71. The Labute approximate surface area is 109 Å². The first kappa shape index (κ1) is 11.6. The molecule has 1 aliphatic heterocycles. The van der Waals surface area contributed by atoms with Gasteiger partial charge in [-0.15, -0.1) is 6.58 Å². The lowest BCUT2D eigenvalue weighted by molar-refractivity contribution is 0.0990. The number of methoxy groups -OCH3 is 1. The largest absolute Gasteiger partial charge is 0.493 e. The lowest BCUT2D eigenvalue weighted by Crippen LogP contribution is -2.40. The maximum absolute atomic E-state index is 6.22. The minimum absolute atomic E-state index is 0.143. The fourth-order valence-electron chi connectivity index (χ4n) is 3.62. The Morgan fingerprint density at radius 3 is 3.17 bits per heavy atom. The average molecular weight is 244 g/mol. The Morgan fingerprint density at radius 1 is 1.50 bits per heavy atom. The molecule has 0 aromatic heterocycles. The first-order valence-electron chi connectivity index (χ1n) is 6.77. The van der Waals surface area contributed by atoms with Gasteiger partial charge in [-0.3, -0.25) is 0 Å². The van der Waals surface area contributed by atoms with E-state index < -0.39 is 0 Å². The Morgan fingerprint density at radius 2 is 2.39 bits per heavy atom. The maximum atomic E-state index is 6.22. The van der Waals surface area contributed by atoms with Crippen LogP contribution in [0, 0.1) is 0 Å². The van der Waals surface area contributed by atoms with Gasteiger partial charge in [0.2, 0.25) is 0 Å². The molecule has 0 spiro atoms. The van der Waals surface area contributed by atoms with Gasteiger partial charge in [0, 0.05) is 11.0 Å². The normalized spacial score (nSPS) is 29.1. The molecule has 2 atom stereocenters. The van der Waals surface area contributed by atoms with Gasteiger partial charge in [0.25, 0.3) is 0 Å². The van der Waals surface area contributed by atoms with Gasteiger partial charge >= 0.3 is 0 Å². The van der Waals surface area contributed by atoms with Crippen molar-refractivity contribution in [3.63, 3.8) is 0 Å². The van der Waals surface area contributed by atoms with Gasteiger partial charge < -0.3 is 9.47 Å². The fraction of sp³-hybridized carbons (Fsp3) is 0.500. The highest BCUT2D eigenvalue weighted by Crippen LogP contribution is 2.55. The molecule has 0 saturated heterocycles. The van der Waals surface area contributed by atoms with E-state index in [1.165, 1.54) is 24.8 Å². The smallest absolute Gasteiger partial charge is 0.165 e. The molecule has 0 amide bonds. The highest BCUT2D eigenvalue weighted by atomic mass is 16.5. The van der Waals surface area contributed by atoms with Crippen molar-refractivity contribution in [3.05, 3.63) is 36.4 Å². The molecule has 96 valence electrons. The summed E-state index contributed by atoms with van der Waals surface area (Å²) >= 11 is 0. The summed E-state index contributed by atoms with van der Waals surface area (Å²) < 4.78 is 11.7. The number of ether oxygens (including phenoxy) is 2. The lowest BCUT2D eigenvalue weighted by Gasteiger charge is -2.37. The van der Waals surface area contributed by atoms with E-state index in [2.05, 4.69) is 18.7 Å². The molecule has 1 fully saturated rings. The Balaban J connectivity index is 2.12. The minimum atomic E-state index is 0.143. The van der Waals surface area contributed by atoms with Crippen molar-refractivity contribution in [2.24, 2.45) is 0 Å². The van der Waals surface area contributed by atoms with Crippen LogP contribution in [0.5, 0.6) is 11.5 Å². The van der Waals surface area contributed by atoms with E-state index in [-0.39, 0.29) is 5.41 Å². The van der Waals surface area contributed by atoms with Gasteiger partial charge in [-0.2, -0.15) is 0 Å². The Hall–Kier alpha value is -1.44. The molecule has 1 heterocycles. The van der Waals surface area contributed by atoms with Gasteiger partial charge in [0.1, 0.15) is 6.10 Å². The van der Waals surface area contributed by atoms with Crippen molar-refractivity contribution in [1.29, 1.82) is 0 Å². The number of rotatable bonds is 3. The summed E-state index contributed by atoms with van der Waals surface area (Å²) in [4.78, 5) is 0. The molecule has 0 N–H and O–H groups in total. The summed E-state index contributed by atoms with van der Waals surface area (Å²) in [5, 5.41) is 0. The van der Waals surface area contributed by atoms with Crippen LogP contribution in [-0.2, 0) is 5.41 Å². The van der Waals surface area contributed by atoms with Crippen LogP contribution in [0.15, 0.2) is 30.9 Å². The van der Waals surface area contributed by atoms with E-state index in [0.717, 1.165) is 24.3 Å². The van der Waals surface area contributed by atoms with Crippen molar-refractivity contribution in [3.8, 4) is 11.5 Å². The number of allylic oxidation sites excluding steroid dienone is 1. The first-order valence-corrected chi connectivity index (χ1v) is 6.77. The maximum Gasteiger partial charge on any atom is 0.165 e. The Bertz CT molecular complexity index is 466. The third kappa shape index (κ3) is 1.48. The van der Waals surface area contributed by atoms with Crippen LogP contribution in [-0.4, -0.2) is 13.2 Å². The summed E-state index contributed by atoms with van der Waals surface area (Å²) in [6, 6.07) is 6.26. The Kier molecular flexibility index (Phi) is 2.81. The molecule has 1 aromatic carbocycles. The highest BCUT2D eigenvalue weighted by Gasteiger charge is 2.49. The van der Waals surface area contributed by atoms with Crippen LogP contribution < -0.4 is 9.47 Å². The van der Waals surface area contributed by atoms with Crippen molar-refractivity contribution in [1.82, 2.24) is 0 Å². The highest BCUT2D eigenvalue weighted by molar-refractivity contribution is 5.54. The van der Waals surface area contributed by atoms with Crippen LogP contribution >= 0.6 is 0 Å². The van der Waals surface area contributed by atoms with Crippen molar-refractivity contribution < 1.29 is 9.47 Å². The molecule has 1 aromatic rings. The second-order valence-electron chi connectivity index (χ2n) is 5.34. The zero-order valence-electron chi connectivity index (χ0n) is 10.9. The van der Waals surface area contributed by atoms with E-state index >= 15 is 0 Å². The monoisotopic (exact) mass is 244 g/mol. The topological polar surface area (TPSA) is 18.5 Å². The number of para-hydroxylation sites is 1. The van der Waals surface area contributed by atoms with Crippen LogP contribution in [0.25, 0.3) is 0 Å². The van der Waals surface area contributed by atoms with E-state index in [9.17, 15) is 0 Å². The molecule has 2 heteroatoms. The predicted octanol–water partition coefficient (Wildman–Crippen LogP) is 3.84. The number of fused-ring (bicyclic) bond motifs is 3. The molecule has 1 aliphatic carbocycles. The van der Waals surface area contributed by atoms with Gasteiger partial charge in [-0.1, -0.05) is 24.6 Å². The van der Waals surface area contributed by atoms with Crippen LogP contribution in [0.3, 0.4) is 0 Å². The summed E-state index contributed by atoms with van der Waals surface area (Å²) in [5.74, 6) is 1.83. The predicted molar refractivity (Wildman–Crippen MR) is 72.4 cm³/mol. The molecule has 18 heavy (non-hydrogen) atoms. The van der Waals surface area contributed by atoms with Crippen molar-refractivity contribution in [2.45, 2.75) is 43.6 Å². The van der Waals surface area contributed by atoms with Gasteiger partial charge in [0.15, 0.2) is 11.5 Å². The van der Waals surface area contributed by atoms with Crippen LogP contribution in [0.4, 0.5) is 0 Å². The molecule has 0 radical (unpaired) electrons. The second-order valence-corrected chi connectivity index (χ2v) is 5.34. The third-order valence-corrected chi connectivity index (χ3v) is 4.46. The molecule has 2 aliphatic rings. The van der Waals surface area contributed by atoms with E-state index in [1.807, 2.05) is 12.1 Å². The third-order valence-electron chi connectivity index (χ3n) is 4.46. The van der Waals surface area contributed by atoms with Gasteiger partial charge in [-0.25, -0.2) is 0 Å². The van der Waals surface area contributed by atoms with E-state index in [1.54, 1.807) is 7.11 Å². The first-order chi connectivity index (χ1) is 8.81. The SMILES string of the molecule is C=CC[C@@]12CCCC[C@@H]1Oc1c(OC)cccc12. The molecule has 0 bridgehead atoms. The zero-order chi connectivity index (χ0) is 12.6. The summed E-state index contributed by atoms with van der Waals surface area (Å²) in [6.45, 7) is 3.94. The van der Waals surface area contributed by atoms with Crippen LogP contribution in [0.2, 0.25) is 0 Å². The van der Waals surface area contributed by atoms with Crippen molar-refractivity contribution >= 4 is 0 Å². The standard InChI is InChI=1S/C16H20O2/c1-3-10-16-11-5-4-9-14(16)18-15-12(16)7-6-8-13(15)17-2/h3,6-8,14H,1,4-5,9-11H2,2H3/t14-,16-/m0/s1. The summed E-state index contributed by atoms with van der Waals surface area (Å²) in [5.41, 5.74) is 1.47. The summed E-state index contributed by atoms with van der Waals surface area (Å²) in [6.07, 6.45) is 8.23. The molecule has 0 unspecified atom stereocenters. The van der Waals surface area contributed by atoms with Crippen LogP contribution in [0.1, 0.15) is 37.7 Å². The number of benzene rings is 1. The molecule has 3 rings (SSSR count). The molecule has 1 saturated carbocycles. The fourth-order valence-corrected chi connectivity index (χ4v) is 3.62. The van der Waals surface area contributed by atoms with E-state index in [4.69, 9.17) is 9.47 Å². The zero-order valence-corrected chi connectivity index (χ0v) is 10.9.